The van der Waals surface area contributed by atoms with Crippen molar-refractivity contribution in [3.63, 3.8) is 0 Å². The number of hydrogen-bond acceptors (Lipinski definition) is 3. The highest BCUT2D eigenvalue weighted by molar-refractivity contribution is 7.97. The highest BCUT2D eigenvalue weighted by Crippen LogP contribution is 2.18. The molecule has 1 aliphatic rings. The van der Waals surface area contributed by atoms with E-state index in [1.807, 2.05) is 6.26 Å². The molecule has 2 rings (SSSR count). The Morgan fingerprint density at radius 1 is 1.47 bits per heavy atom. The van der Waals surface area contributed by atoms with E-state index in [2.05, 4.69) is 0 Å². The van der Waals surface area contributed by atoms with Crippen LogP contribution in [0.3, 0.4) is 0 Å². The maximum Gasteiger partial charge on any atom is 0.253 e. The van der Waals surface area contributed by atoms with E-state index in [1.165, 1.54) is 6.07 Å². The molecule has 1 aromatic rings. The van der Waals surface area contributed by atoms with Gasteiger partial charge in [-0.2, -0.15) is 11.8 Å². The van der Waals surface area contributed by atoms with E-state index in [0.29, 0.717) is 30.0 Å². The van der Waals surface area contributed by atoms with Crippen LogP contribution in [0.15, 0.2) is 18.2 Å². The Hall–Kier alpha value is -1.07. The van der Waals surface area contributed by atoms with Gasteiger partial charge in [0.1, 0.15) is 5.82 Å². The smallest absolute Gasteiger partial charge is 0.253 e. The van der Waals surface area contributed by atoms with Crippen LogP contribution in [0.1, 0.15) is 28.8 Å². The summed E-state index contributed by atoms with van der Waals surface area (Å²) in [7, 11) is 0. The number of carbonyl (C=O) groups is 1. The van der Waals surface area contributed by atoms with Gasteiger partial charge in [0, 0.05) is 30.4 Å². The van der Waals surface area contributed by atoms with Crippen LogP contribution in [-0.2, 0) is 5.75 Å². The standard InChI is InChI=1S/C14H19FN2OS/c1-19-9-11-8-10(2-3-13(11)15)14(18)17-6-4-12(16)5-7-17/h2-3,8,12H,4-7,9,16H2,1H3. The van der Waals surface area contributed by atoms with E-state index in [4.69, 9.17) is 5.73 Å². The number of nitrogens with zero attached hydrogens (tertiary/aromatic N) is 1. The number of amides is 1. The van der Waals surface area contributed by atoms with Crippen LogP contribution in [0.2, 0.25) is 0 Å². The minimum absolute atomic E-state index is 0.0192. The molecule has 0 saturated carbocycles. The molecule has 1 aromatic carbocycles. The molecule has 1 amide bonds. The molecule has 1 heterocycles. The SMILES string of the molecule is CSCc1cc(C(=O)N2CCC(N)CC2)ccc1F. The maximum atomic E-state index is 13.6. The third-order valence-corrected chi connectivity index (χ3v) is 4.02. The lowest BCUT2D eigenvalue weighted by Crippen LogP contribution is -2.42. The van der Waals surface area contributed by atoms with Gasteiger partial charge in [0.25, 0.3) is 5.91 Å². The molecule has 0 spiro atoms. The first-order chi connectivity index (χ1) is 9.11. The number of piperidine rings is 1. The Kier molecular flexibility index (Phi) is 4.82. The fourth-order valence-corrected chi connectivity index (χ4v) is 2.79. The number of benzene rings is 1. The Morgan fingerprint density at radius 3 is 2.79 bits per heavy atom. The van der Waals surface area contributed by atoms with Gasteiger partial charge in [0.2, 0.25) is 0 Å². The van der Waals surface area contributed by atoms with Crippen molar-refractivity contribution in [2.45, 2.75) is 24.6 Å². The van der Waals surface area contributed by atoms with Gasteiger partial charge >= 0.3 is 0 Å². The van der Waals surface area contributed by atoms with Crippen molar-refractivity contribution in [2.24, 2.45) is 5.73 Å². The molecule has 1 fully saturated rings. The van der Waals surface area contributed by atoms with Gasteiger partial charge in [-0.3, -0.25) is 4.79 Å². The van der Waals surface area contributed by atoms with E-state index in [0.717, 1.165) is 12.8 Å². The third-order valence-electron chi connectivity index (χ3n) is 3.42. The number of thioether (sulfide) groups is 1. The second-order valence-electron chi connectivity index (χ2n) is 4.87. The molecule has 0 bridgehead atoms. The molecule has 3 nitrogen and oxygen atoms in total. The second-order valence-corrected chi connectivity index (χ2v) is 5.73. The lowest BCUT2D eigenvalue weighted by molar-refractivity contribution is 0.0714. The first-order valence-electron chi connectivity index (χ1n) is 6.44. The van der Waals surface area contributed by atoms with Crippen molar-refractivity contribution in [3.05, 3.63) is 35.1 Å². The summed E-state index contributed by atoms with van der Waals surface area (Å²) in [6.07, 6.45) is 3.59. The van der Waals surface area contributed by atoms with Crippen molar-refractivity contribution >= 4 is 17.7 Å². The summed E-state index contributed by atoms with van der Waals surface area (Å²) in [6, 6.07) is 4.82. The summed E-state index contributed by atoms with van der Waals surface area (Å²) >= 11 is 1.54. The van der Waals surface area contributed by atoms with E-state index in [1.54, 1.807) is 28.8 Å². The van der Waals surface area contributed by atoms with Gasteiger partial charge in [0.15, 0.2) is 0 Å². The third kappa shape index (κ3) is 3.48. The zero-order chi connectivity index (χ0) is 13.8. The normalized spacial score (nSPS) is 16.7. The van der Waals surface area contributed by atoms with Crippen molar-refractivity contribution < 1.29 is 9.18 Å². The van der Waals surface area contributed by atoms with E-state index >= 15 is 0 Å². The number of carbonyl (C=O) groups excluding carboxylic acids is 1. The molecule has 19 heavy (non-hydrogen) atoms. The fraction of sp³-hybridized carbons (Fsp3) is 0.500. The van der Waals surface area contributed by atoms with Crippen molar-refractivity contribution in [1.82, 2.24) is 4.90 Å². The lowest BCUT2D eigenvalue weighted by atomic mass is 10.0. The molecule has 5 heteroatoms. The van der Waals surface area contributed by atoms with Crippen LogP contribution in [-0.4, -0.2) is 36.2 Å². The van der Waals surface area contributed by atoms with Crippen LogP contribution in [0.25, 0.3) is 0 Å². The van der Waals surface area contributed by atoms with Crippen molar-refractivity contribution in [2.75, 3.05) is 19.3 Å². The van der Waals surface area contributed by atoms with Gasteiger partial charge < -0.3 is 10.6 Å². The molecule has 0 aliphatic carbocycles. The number of nitrogens with two attached hydrogens (primary N) is 1. The van der Waals surface area contributed by atoms with Crippen molar-refractivity contribution in [3.8, 4) is 0 Å². The predicted molar refractivity (Wildman–Crippen MR) is 76.7 cm³/mol. The topological polar surface area (TPSA) is 46.3 Å². The summed E-state index contributed by atoms with van der Waals surface area (Å²) in [6.45, 7) is 1.38. The average Bonchev–Trinajstić information content (AvgIpc) is 2.41. The molecule has 0 aromatic heterocycles. The van der Waals surface area contributed by atoms with Crippen LogP contribution in [0.4, 0.5) is 4.39 Å². The monoisotopic (exact) mass is 282 g/mol. The molecule has 2 N–H and O–H groups in total. The van der Waals surface area contributed by atoms with Gasteiger partial charge in [-0.05, 0) is 42.9 Å². The van der Waals surface area contributed by atoms with Gasteiger partial charge in [-0.25, -0.2) is 4.39 Å². The Bertz CT molecular complexity index is 459. The first kappa shape index (κ1) is 14.3. The Morgan fingerprint density at radius 2 is 2.16 bits per heavy atom. The minimum Gasteiger partial charge on any atom is -0.339 e. The van der Waals surface area contributed by atoms with E-state index < -0.39 is 0 Å². The second kappa shape index (κ2) is 6.39. The number of likely N-dealkylation sites (tertiary alicyclic amines) is 1. The molecule has 0 atom stereocenters. The molecule has 0 unspecified atom stereocenters. The summed E-state index contributed by atoms with van der Waals surface area (Å²) in [4.78, 5) is 14.1. The highest BCUT2D eigenvalue weighted by atomic mass is 32.2. The summed E-state index contributed by atoms with van der Waals surface area (Å²) in [5.74, 6) is 0.318. The molecule has 1 aliphatic heterocycles. The quantitative estimate of drug-likeness (QED) is 0.925. The Balaban J connectivity index is 2.12. The van der Waals surface area contributed by atoms with Gasteiger partial charge in [-0.15, -0.1) is 0 Å². The number of hydrogen-bond donors (Lipinski definition) is 1. The lowest BCUT2D eigenvalue weighted by Gasteiger charge is -2.30. The highest BCUT2D eigenvalue weighted by Gasteiger charge is 2.22. The van der Waals surface area contributed by atoms with E-state index in [9.17, 15) is 9.18 Å². The van der Waals surface area contributed by atoms with Gasteiger partial charge in [-0.1, -0.05) is 0 Å². The van der Waals surface area contributed by atoms with Crippen LogP contribution < -0.4 is 5.73 Å². The molecule has 0 radical (unpaired) electrons. The molecule has 104 valence electrons. The zero-order valence-electron chi connectivity index (χ0n) is 11.1. The summed E-state index contributed by atoms with van der Waals surface area (Å²) in [5, 5.41) is 0. The van der Waals surface area contributed by atoms with Crippen LogP contribution in [0.5, 0.6) is 0 Å². The molecule has 1 saturated heterocycles. The minimum atomic E-state index is -0.244. The van der Waals surface area contributed by atoms with Gasteiger partial charge in [0.05, 0.1) is 0 Å². The van der Waals surface area contributed by atoms with E-state index in [-0.39, 0.29) is 17.8 Å². The molecular weight excluding hydrogens is 263 g/mol. The summed E-state index contributed by atoms with van der Waals surface area (Å²) < 4.78 is 13.6. The Labute approximate surface area is 117 Å². The number of halogens is 1. The maximum absolute atomic E-state index is 13.6. The predicted octanol–water partition coefficient (Wildman–Crippen LogP) is 2.25. The molecular formula is C14H19FN2OS. The fourth-order valence-electron chi connectivity index (χ4n) is 2.26. The van der Waals surface area contributed by atoms with Crippen LogP contribution >= 0.6 is 11.8 Å². The first-order valence-corrected chi connectivity index (χ1v) is 7.83. The van der Waals surface area contributed by atoms with Crippen LogP contribution in [0, 0.1) is 5.82 Å². The van der Waals surface area contributed by atoms with Crippen molar-refractivity contribution in [1.29, 1.82) is 0 Å². The number of rotatable bonds is 3. The zero-order valence-corrected chi connectivity index (χ0v) is 11.9. The summed E-state index contributed by atoms with van der Waals surface area (Å²) in [5.41, 5.74) is 6.99. The average molecular weight is 282 g/mol. The largest absolute Gasteiger partial charge is 0.339 e.